The molecule has 0 radical (unpaired) electrons. The number of methoxy groups -OCH3 is 2. The Morgan fingerprint density at radius 1 is 0.796 bits per heavy atom. The van der Waals surface area contributed by atoms with Crippen molar-refractivity contribution in [3.05, 3.63) is 165 Å². The van der Waals surface area contributed by atoms with E-state index in [1.54, 1.807) is 26.0 Å². The zero-order valence-corrected chi connectivity index (χ0v) is 30.8. The number of benzene rings is 5. The Hall–Kier alpha value is -5.59. The van der Waals surface area contributed by atoms with Crippen LogP contribution in [-0.2, 0) is 15.1 Å². The lowest BCUT2D eigenvalue weighted by atomic mass is 9.80. The van der Waals surface area contributed by atoms with Crippen LogP contribution in [0.1, 0.15) is 29.3 Å². The maximum atomic E-state index is 13.3. The summed E-state index contributed by atoms with van der Waals surface area (Å²) in [5.41, 5.74) is 3.40. The van der Waals surface area contributed by atoms with Crippen LogP contribution in [0.15, 0.2) is 147 Å². The third-order valence-corrected chi connectivity index (χ3v) is 11.3. The van der Waals surface area contributed by atoms with E-state index in [0.29, 0.717) is 22.6 Å². The summed E-state index contributed by atoms with van der Waals surface area (Å²) in [6, 6.07) is 39.2. The highest BCUT2D eigenvalue weighted by atomic mass is 32.2. The predicted molar refractivity (Wildman–Crippen MR) is 208 cm³/mol. The van der Waals surface area contributed by atoms with Gasteiger partial charge in [0.2, 0.25) is 0 Å². The average Bonchev–Trinajstić information content (AvgIpc) is 3.58. The van der Waals surface area contributed by atoms with Gasteiger partial charge in [0.15, 0.2) is 0 Å². The van der Waals surface area contributed by atoms with E-state index < -0.39 is 35.3 Å². The van der Waals surface area contributed by atoms with Crippen molar-refractivity contribution in [3.63, 3.8) is 0 Å². The van der Waals surface area contributed by atoms with E-state index in [4.69, 9.17) is 18.9 Å². The Bertz CT molecular complexity index is 2350. The first kappa shape index (κ1) is 35.4. The Balaban J connectivity index is 1.10. The monoisotopic (exact) mass is 741 g/mol. The normalized spacial score (nSPS) is 17.9. The second-order valence-corrected chi connectivity index (χ2v) is 14.4. The summed E-state index contributed by atoms with van der Waals surface area (Å²) < 4.78 is 25.7. The Kier molecular flexibility index (Phi) is 9.63. The Morgan fingerprint density at radius 3 is 2.07 bits per heavy atom. The molecule has 0 bridgehead atoms. The molecule has 3 heterocycles. The first-order chi connectivity index (χ1) is 26.3. The third-order valence-electron chi connectivity index (χ3n) is 10.2. The highest BCUT2D eigenvalue weighted by Gasteiger charge is 2.42. The molecule has 2 N–H and O–H groups in total. The van der Waals surface area contributed by atoms with E-state index in [1.165, 1.54) is 10.8 Å². The van der Waals surface area contributed by atoms with Crippen molar-refractivity contribution in [3.8, 4) is 22.6 Å². The molecule has 6 aromatic rings. The van der Waals surface area contributed by atoms with Gasteiger partial charge in [0, 0.05) is 29.5 Å². The number of rotatable bonds is 10. The minimum absolute atomic E-state index is 0.0212. The number of hydrogen-bond acceptors (Lipinski definition) is 9. The molecule has 274 valence electrons. The van der Waals surface area contributed by atoms with Crippen LogP contribution in [0.2, 0.25) is 0 Å². The third kappa shape index (κ3) is 6.39. The van der Waals surface area contributed by atoms with Crippen molar-refractivity contribution >= 4 is 23.1 Å². The highest BCUT2D eigenvalue weighted by Crippen LogP contribution is 2.48. The van der Waals surface area contributed by atoms with Gasteiger partial charge in [-0.3, -0.25) is 14.3 Å². The molecule has 1 fully saturated rings. The van der Waals surface area contributed by atoms with Gasteiger partial charge in [0.1, 0.15) is 29.4 Å². The lowest BCUT2D eigenvalue weighted by Gasteiger charge is -2.37. The number of aromatic nitrogens is 2. The fraction of sp³-hybridized carbons (Fsp3) is 0.209. The minimum Gasteiger partial charge on any atom is -0.497 e. The highest BCUT2D eigenvalue weighted by molar-refractivity contribution is 7.99. The molecule has 1 aromatic heterocycles. The molecule has 0 saturated carbocycles. The van der Waals surface area contributed by atoms with Crippen molar-refractivity contribution in [2.45, 2.75) is 40.2 Å². The zero-order chi connectivity index (χ0) is 37.4. The molecule has 1 saturated heterocycles. The zero-order valence-electron chi connectivity index (χ0n) is 30.0. The molecule has 3 atom stereocenters. The first-order valence-electron chi connectivity index (χ1n) is 17.6. The number of para-hydroxylation sites is 1. The van der Waals surface area contributed by atoms with Gasteiger partial charge < -0.3 is 29.0 Å². The van der Waals surface area contributed by atoms with Gasteiger partial charge in [-0.1, -0.05) is 84.6 Å². The molecule has 11 heteroatoms. The van der Waals surface area contributed by atoms with Crippen LogP contribution in [0.3, 0.4) is 0 Å². The smallest absolute Gasteiger partial charge is 0.330 e. The fourth-order valence-corrected chi connectivity index (χ4v) is 8.52. The SMILES string of the molecule is COc1ccc(C(OC[C@H]2O[C@@H](n3cc(-c4ccc5c(c4)Sc4ccccc4N5C)c(=O)[nH]c3=O)C[C@@H]2O)(c2ccccc2)c2ccc(OC)cc2)cc1. The Morgan fingerprint density at radius 2 is 1.41 bits per heavy atom. The molecular formula is C43H39N3O7S. The van der Waals surface area contributed by atoms with E-state index >= 15 is 0 Å². The summed E-state index contributed by atoms with van der Waals surface area (Å²) in [7, 11) is 5.26. The predicted octanol–water partition coefficient (Wildman–Crippen LogP) is 7.11. The summed E-state index contributed by atoms with van der Waals surface area (Å²) >= 11 is 1.63. The Labute approximate surface area is 316 Å². The average molecular weight is 742 g/mol. The van der Waals surface area contributed by atoms with Crippen LogP contribution in [-0.4, -0.2) is 54.7 Å². The van der Waals surface area contributed by atoms with E-state index in [2.05, 4.69) is 22.0 Å². The van der Waals surface area contributed by atoms with Gasteiger partial charge in [-0.2, -0.15) is 0 Å². The number of aliphatic hydroxyl groups excluding tert-OH is 1. The van der Waals surface area contributed by atoms with E-state index in [-0.39, 0.29) is 13.0 Å². The largest absolute Gasteiger partial charge is 0.497 e. The molecule has 2 aliphatic heterocycles. The van der Waals surface area contributed by atoms with Crippen LogP contribution < -0.4 is 25.6 Å². The molecule has 0 unspecified atom stereocenters. The van der Waals surface area contributed by atoms with E-state index in [0.717, 1.165) is 37.9 Å². The maximum absolute atomic E-state index is 13.3. The summed E-state index contributed by atoms with van der Waals surface area (Å²) in [6.45, 7) is -0.0212. The van der Waals surface area contributed by atoms with E-state index in [9.17, 15) is 14.7 Å². The summed E-state index contributed by atoms with van der Waals surface area (Å²) in [5.74, 6) is 1.40. The topological polar surface area (TPSA) is 115 Å². The number of fused-ring (bicyclic) bond motifs is 2. The van der Waals surface area contributed by atoms with Gasteiger partial charge in [-0.05, 0) is 70.8 Å². The molecule has 54 heavy (non-hydrogen) atoms. The molecular weight excluding hydrogens is 703 g/mol. The second kappa shape index (κ2) is 14.7. The van der Waals surface area contributed by atoms with Crippen molar-refractivity contribution in [2.24, 2.45) is 0 Å². The van der Waals surface area contributed by atoms with Crippen LogP contribution in [0.4, 0.5) is 11.4 Å². The van der Waals surface area contributed by atoms with Crippen LogP contribution in [0, 0.1) is 0 Å². The molecule has 5 aromatic carbocycles. The van der Waals surface area contributed by atoms with Gasteiger partial charge in [0.05, 0.1) is 43.9 Å². The lowest BCUT2D eigenvalue weighted by Crippen LogP contribution is -2.38. The number of ether oxygens (including phenoxy) is 4. The van der Waals surface area contributed by atoms with Crippen molar-refractivity contribution in [2.75, 3.05) is 32.8 Å². The molecule has 8 rings (SSSR count). The molecule has 0 amide bonds. The number of anilines is 2. The minimum atomic E-state index is -1.12. The van der Waals surface area contributed by atoms with Gasteiger partial charge >= 0.3 is 5.69 Å². The summed E-state index contributed by atoms with van der Waals surface area (Å²) in [4.78, 5) is 33.3. The number of nitrogens with one attached hydrogen (secondary N) is 1. The second-order valence-electron chi connectivity index (χ2n) is 13.3. The van der Waals surface area contributed by atoms with Crippen LogP contribution in [0.25, 0.3) is 11.1 Å². The lowest BCUT2D eigenvalue weighted by molar-refractivity contribution is -0.0944. The van der Waals surface area contributed by atoms with Gasteiger partial charge in [-0.25, -0.2) is 4.79 Å². The van der Waals surface area contributed by atoms with Crippen molar-refractivity contribution in [1.29, 1.82) is 0 Å². The maximum Gasteiger partial charge on any atom is 0.330 e. The quantitative estimate of drug-likeness (QED) is 0.142. The van der Waals surface area contributed by atoms with Crippen LogP contribution in [0.5, 0.6) is 11.5 Å². The first-order valence-corrected chi connectivity index (χ1v) is 18.4. The molecule has 2 aliphatic rings. The van der Waals surface area contributed by atoms with Crippen LogP contribution >= 0.6 is 11.8 Å². The summed E-state index contributed by atoms with van der Waals surface area (Å²) in [6.07, 6.45) is -0.974. The molecule has 10 nitrogen and oxygen atoms in total. The number of aromatic amines is 1. The fourth-order valence-electron chi connectivity index (χ4n) is 7.33. The molecule has 0 spiro atoms. The van der Waals surface area contributed by atoms with Gasteiger partial charge in [-0.15, -0.1) is 0 Å². The van der Waals surface area contributed by atoms with E-state index in [1.807, 2.05) is 116 Å². The number of H-pyrrole nitrogens is 1. The van der Waals surface area contributed by atoms with Crippen molar-refractivity contribution < 1.29 is 24.1 Å². The number of aliphatic hydroxyl groups is 1. The van der Waals surface area contributed by atoms with Crippen molar-refractivity contribution in [1.82, 2.24) is 9.55 Å². The standard InChI is InChI=1S/C43H39N3O7S/c1-45-34-11-7-8-12-38(34)54-39-23-27(13-22-35(39)45)33-25-46(42(49)44-41(33)48)40-24-36(47)37(53-40)26-52-43(28-9-5-4-6-10-28,29-14-18-31(50-2)19-15-29)30-16-20-32(51-3)21-17-30/h4-23,25,36-37,40,47H,24,26H2,1-3H3,(H,44,48,49)/t36-,37+,40+/m0/s1. The summed E-state index contributed by atoms with van der Waals surface area (Å²) in [5, 5.41) is 11.4. The van der Waals surface area contributed by atoms with Gasteiger partial charge in [0.25, 0.3) is 5.56 Å². The number of hydrogen-bond donors (Lipinski definition) is 2. The molecule has 0 aliphatic carbocycles. The number of nitrogens with zero attached hydrogens (tertiary/aromatic N) is 2.